The van der Waals surface area contributed by atoms with Gasteiger partial charge in [-0.05, 0) is 23.8 Å². The summed E-state index contributed by atoms with van der Waals surface area (Å²) < 4.78 is 10.3. The van der Waals surface area contributed by atoms with Crippen molar-refractivity contribution in [1.82, 2.24) is 5.32 Å². The number of esters is 1. The van der Waals surface area contributed by atoms with Crippen LogP contribution in [0.5, 0.6) is 5.75 Å². The summed E-state index contributed by atoms with van der Waals surface area (Å²) in [5, 5.41) is 3.06. The van der Waals surface area contributed by atoms with Gasteiger partial charge in [-0.25, -0.2) is 0 Å². The van der Waals surface area contributed by atoms with E-state index in [2.05, 4.69) is 5.32 Å². The Balaban J connectivity index is 1.77. The standard InChI is InChI=1S/C18H18ClNO4/c1-23-16-8-7-15(19)10-14(16)12-24-18(22)11-20-17(21)9-13-5-3-2-4-6-13/h2-8,10H,9,11-12H2,1H3,(H,20,21). The minimum absolute atomic E-state index is 0.0249. The molecule has 5 nitrogen and oxygen atoms in total. The molecular formula is C18H18ClNO4. The van der Waals surface area contributed by atoms with E-state index in [1.807, 2.05) is 30.3 Å². The number of hydrogen-bond donors (Lipinski definition) is 1. The molecule has 0 aliphatic heterocycles. The second-order valence-electron chi connectivity index (χ2n) is 5.06. The van der Waals surface area contributed by atoms with E-state index in [4.69, 9.17) is 21.1 Å². The van der Waals surface area contributed by atoms with Crippen molar-refractivity contribution >= 4 is 23.5 Å². The van der Waals surface area contributed by atoms with Gasteiger partial charge >= 0.3 is 5.97 Å². The number of carbonyl (C=O) groups excluding carboxylic acids is 2. The lowest BCUT2D eigenvalue weighted by molar-refractivity contribution is -0.145. The first-order valence-corrected chi connectivity index (χ1v) is 7.75. The fraction of sp³-hybridized carbons (Fsp3) is 0.222. The predicted octanol–water partition coefficient (Wildman–Crippen LogP) is 2.75. The van der Waals surface area contributed by atoms with Gasteiger partial charge in [-0.1, -0.05) is 41.9 Å². The SMILES string of the molecule is COc1ccc(Cl)cc1COC(=O)CNC(=O)Cc1ccccc1. The number of carbonyl (C=O) groups is 2. The summed E-state index contributed by atoms with van der Waals surface area (Å²) in [7, 11) is 1.53. The maximum atomic E-state index is 11.8. The molecule has 6 heteroatoms. The maximum Gasteiger partial charge on any atom is 0.325 e. The molecule has 0 radical (unpaired) electrons. The van der Waals surface area contributed by atoms with Crippen molar-refractivity contribution in [2.75, 3.05) is 13.7 Å². The Hall–Kier alpha value is -2.53. The lowest BCUT2D eigenvalue weighted by atomic mass is 10.1. The number of benzene rings is 2. The molecule has 1 amide bonds. The monoisotopic (exact) mass is 347 g/mol. The van der Waals surface area contributed by atoms with Crippen molar-refractivity contribution in [3.63, 3.8) is 0 Å². The second kappa shape index (κ2) is 8.93. The first-order valence-electron chi connectivity index (χ1n) is 7.37. The van der Waals surface area contributed by atoms with Crippen LogP contribution in [0.1, 0.15) is 11.1 Å². The quantitative estimate of drug-likeness (QED) is 0.782. The Bertz CT molecular complexity index is 703. The molecule has 0 spiro atoms. The Morgan fingerprint density at radius 2 is 1.88 bits per heavy atom. The van der Waals surface area contributed by atoms with Gasteiger partial charge in [0.25, 0.3) is 0 Å². The van der Waals surface area contributed by atoms with Gasteiger partial charge in [0, 0.05) is 10.6 Å². The molecule has 0 aromatic heterocycles. The van der Waals surface area contributed by atoms with E-state index >= 15 is 0 Å². The van der Waals surface area contributed by atoms with E-state index in [-0.39, 0.29) is 25.5 Å². The number of nitrogens with one attached hydrogen (secondary N) is 1. The van der Waals surface area contributed by atoms with Gasteiger partial charge in [-0.3, -0.25) is 9.59 Å². The number of rotatable bonds is 7. The van der Waals surface area contributed by atoms with Gasteiger partial charge in [0.15, 0.2) is 0 Å². The van der Waals surface area contributed by atoms with Crippen LogP contribution < -0.4 is 10.1 Å². The van der Waals surface area contributed by atoms with Crippen molar-refractivity contribution in [2.24, 2.45) is 0 Å². The molecule has 2 aromatic carbocycles. The summed E-state index contributed by atoms with van der Waals surface area (Å²) in [5.41, 5.74) is 1.54. The largest absolute Gasteiger partial charge is 0.496 e. The van der Waals surface area contributed by atoms with Crippen LogP contribution in [-0.2, 0) is 27.4 Å². The summed E-state index contributed by atoms with van der Waals surface area (Å²) in [6, 6.07) is 14.4. The van der Waals surface area contributed by atoms with Crippen molar-refractivity contribution in [3.05, 3.63) is 64.7 Å². The molecule has 0 fully saturated rings. The highest BCUT2D eigenvalue weighted by Crippen LogP contribution is 2.23. The minimum atomic E-state index is -0.529. The number of amides is 1. The van der Waals surface area contributed by atoms with E-state index in [0.717, 1.165) is 5.56 Å². The lowest BCUT2D eigenvalue weighted by Gasteiger charge is -2.10. The van der Waals surface area contributed by atoms with Gasteiger partial charge < -0.3 is 14.8 Å². The third-order valence-electron chi connectivity index (χ3n) is 3.27. The molecule has 2 rings (SSSR count). The fourth-order valence-electron chi connectivity index (χ4n) is 2.08. The van der Waals surface area contributed by atoms with Gasteiger partial charge in [0.2, 0.25) is 5.91 Å². The van der Waals surface area contributed by atoms with E-state index < -0.39 is 5.97 Å². The predicted molar refractivity (Wildman–Crippen MR) is 91.0 cm³/mol. The Morgan fingerprint density at radius 3 is 2.58 bits per heavy atom. The minimum Gasteiger partial charge on any atom is -0.496 e. The normalized spacial score (nSPS) is 10.1. The zero-order valence-corrected chi connectivity index (χ0v) is 14.0. The molecule has 0 atom stereocenters. The molecular weight excluding hydrogens is 330 g/mol. The smallest absolute Gasteiger partial charge is 0.325 e. The first kappa shape index (κ1) is 17.8. The van der Waals surface area contributed by atoms with Crippen LogP contribution in [-0.4, -0.2) is 25.5 Å². The molecule has 0 saturated carbocycles. The van der Waals surface area contributed by atoms with Crippen molar-refractivity contribution in [1.29, 1.82) is 0 Å². The lowest BCUT2D eigenvalue weighted by Crippen LogP contribution is -2.31. The number of methoxy groups -OCH3 is 1. The van der Waals surface area contributed by atoms with Crippen LogP contribution in [0.25, 0.3) is 0 Å². The first-order chi connectivity index (χ1) is 11.6. The van der Waals surface area contributed by atoms with Crippen LogP contribution in [0.4, 0.5) is 0 Å². The summed E-state index contributed by atoms with van der Waals surface area (Å²) in [5.74, 6) is -0.183. The molecule has 0 saturated heterocycles. The van der Waals surface area contributed by atoms with E-state index in [9.17, 15) is 9.59 Å². The highest BCUT2D eigenvalue weighted by molar-refractivity contribution is 6.30. The Morgan fingerprint density at radius 1 is 1.12 bits per heavy atom. The number of hydrogen-bond acceptors (Lipinski definition) is 4. The summed E-state index contributed by atoms with van der Waals surface area (Å²) in [6.07, 6.45) is 0.218. The van der Waals surface area contributed by atoms with Crippen LogP contribution in [0.2, 0.25) is 5.02 Å². The van der Waals surface area contributed by atoms with Crippen LogP contribution in [0, 0.1) is 0 Å². The molecule has 2 aromatic rings. The van der Waals surface area contributed by atoms with E-state index in [1.54, 1.807) is 18.2 Å². The van der Waals surface area contributed by atoms with Crippen LogP contribution in [0.3, 0.4) is 0 Å². The van der Waals surface area contributed by atoms with E-state index in [1.165, 1.54) is 7.11 Å². The molecule has 0 aliphatic carbocycles. The van der Waals surface area contributed by atoms with Crippen LogP contribution >= 0.6 is 11.6 Å². The van der Waals surface area contributed by atoms with Gasteiger partial charge in [-0.2, -0.15) is 0 Å². The Kier molecular flexibility index (Phi) is 6.63. The second-order valence-corrected chi connectivity index (χ2v) is 5.49. The molecule has 0 aliphatic rings. The molecule has 0 unspecified atom stereocenters. The van der Waals surface area contributed by atoms with Crippen molar-refractivity contribution in [3.8, 4) is 5.75 Å². The summed E-state index contributed by atoms with van der Waals surface area (Å²) in [4.78, 5) is 23.5. The number of ether oxygens (including phenoxy) is 2. The third-order valence-corrected chi connectivity index (χ3v) is 3.50. The van der Waals surface area contributed by atoms with Crippen molar-refractivity contribution < 1.29 is 19.1 Å². The Labute approximate surface area is 145 Å². The topological polar surface area (TPSA) is 64.6 Å². The maximum absolute atomic E-state index is 11.8. The average molecular weight is 348 g/mol. The molecule has 126 valence electrons. The molecule has 24 heavy (non-hydrogen) atoms. The van der Waals surface area contributed by atoms with Gasteiger partial charge in [-0.15, -0.1) is 0 Å². The zero-order valence-electron chi connectivity index (χ0n) is 13.3. The highest BCUT2D eigenvalue weighted by Gasteiger charge is 2.10. The summed E-state index contributed by atoms with van der Waals surface area (Å²) in [6.45, 7) is -0.161. The fourth-order valence-corrected chi connectivity index (χ4v) is 2.28. The van der Waals surface area contributed by atoms with Gasteiger partial charge in [0.05, 0.1) is 13.5 Å². The highest BCUT2D eigenvalue weighted by atomic mass is 35.5. The average Bonchev–Trinajstić information content (AvgIpc) is 2.59. The van der Waals surface area contributed by atoms with Gasteiger partial charge in [0.1, 0.15) is 18.9 Å². The number of halogens is 1. The molecule has 0 heterocycles. The molecule has 1 N–H and O–H groups in total. The molecule has 0 bridgehead atoms. The summed E-state index contributed by atoms with van der Waals surface area (Å²) >= 11 is 5.92. The van der Waals surface area contributed by atoms with Crippen LogP contribution in [0.15, 0.2) is 48.5 Å². The van der Waals surface area contributed by atoms with Crippen molar-refractivity contribution in [2.45, 2.75) is 13.0 Å². The zero-order chi connectivity index (χ0) is 17.4. The third kappa shape index (κ3) is 5.59. The van der Waals surface area contributed by atoms with E-state index in [0.29, 0.717) is 16.3 Å².